The molecule has 12 heteroatoms. The maximum atomic E-state index is 14.5. The van der Waals surface area contributed by atoms with Crippen LogP contribution in [0.5, 0.6) is 0 Å². The predicted octanol–water partition coefficient (Wildman–Crippen LogP) is 3.20. The molecule has 31 heavy (non-hydrogen) atoms. The SMILES string of the molecule is CC[C@H](F)[C@H]1CN(c2ncc(F)cn2)C(=O)N1CC(=O)Cc1cc(C(F)(F)F)ccn1. The van der Waals surface area contributed by atoms with Crippen LogP contribution in [0.25, 0.3) is 0 Å². The highest BCUT2D eigenvalue weighted by molar-refractivity contribution is 5.96. The van der Waals surface area contributed by atoms with Gasteiger partial charge < -0.3 is 4.90 Å². The number of anilines is 1. The molecule has 0 radical (unpaired) electrons. The van der Waals surface area contributed by atoms with E-state index >= 15 is 0 Å². The van der Waals surface area contributed by atoms with E-state index in [-0.39, 0.29) is 24.6 Å². The standard InChI is InChI=1S/C19H18F5N5O2/c1-2-15(21)16-10-29(17-26-7-12(20)8-27-17)18(31)28(16)9-14(30)6-13-5-11(3-4-25-13)19(22,23)24/h3-5,7-8,15-16H,2,6,9-10H2,1H3/t15-,16+/m0/s1. The first-order chi connectivity index (χ1) is 14.6. The van der Waals surface area contributed by atoms with Gasteiger partial charge in [-0.25, -0.2) is 23.5 Å². The van der Waals surface area contributed by atoms with E-state index in [0.29, 0.717) is 0 Å². The number of carbonyl (C=O) groups excluding carboxylic acids is 2. The van der Waals surface area contributed by atoms with Crippen molar-refractivity contribution in [2.24, 2.45) is 0 Å². The Morgan fingerprint density at radius 2 is 1.94 bits per heavy atom. The van der Waals surface area contributed by atoms with Gasteiger partial charge in [-0.1, -0.05) is 6.92 Å². The molecule has 0 saturated carbocycles. The van der Waals surface area contributed by atoms with Crippen molar-refractivity contribution in [3.8, 4) is 0 Å². The van der Waals surface area contributed by atoms with Gasteiger partial charge in [0.15, 0.2) is 11.6 Å². The van der Waals surface area contributed by atoms with E-state index in [2.05, 4.69) is 15.0 Å². The Kier molecular flexibility index (Phi) is 6.46. The number of amides is 2. The van der Waals surface area contributed by atoms with Crippen LogP contribution in [0.1, 0.15) is 24.6 Å². The van der Waals surface area contributed by atoms with Crippen molar-refractivity contribution in [3.05, 3.63) is 47.8 Å². The van der Waals surface area contributed by atoms with Gasteiger partial charge in [-0.3, -0.25) is 14.7 Å². The summed E-state index contributed by atoms with van der Waals surface area (Å²) in [5.74, 6) is -1.48. The van der Waals surface area contributed by atoms with Crippen LogP contribution < -0.4 is 4.90 Å². The van der Waals surface area contributed by atoms with Crippen LogP contribution in [0.4, 0.5) is 32.7 Å². The number of nitrogens with zero attached hydrogens (tertiary/aromatic N) is 5. The highest BCUT2D eigenvalue weighted by Crippen LogP contribution is 2.29. The Labute approximate surface area is 173 Å². The number of Topliss-reactive ketones (excluding diaryl/α,β-unsaturated/α-hetero) is 1. The number of ketones is 1. The van der Waals surface area contributed by atoms with Gasteiger partial charge in [0.1, 0.15) is 6.17 Å². The maximum absolute atomic E-state index is 14.5. The second-order valence-electron chi connectivity index (χ2n) is 6.96. The topological polar surface area (TPSA) is 79.3 Å². The molecule has 0 N–H and O–H groups in total. The van der Waals surface area contributed by atoms with E-state index in [4.69, 9.17) is 0 Å². The molecule has 2 amide bonds. The van der Waals surface area contributed by atoms with E-state index in [0.717, 1.165) is 40.5 Å². The number of alkyl halides is 4. The summed E-state index contributed by atoms with van der Waals surface area (Å²) in [6.45, 7) is 0.882. The molecule has 1 saturated heterocycles. The zero-order valence-corrected chi connectivity index (χ0v) is 16.3. The molecule has 0 aliphatic carbocycles. The molecule has 166 valence electrons. The zero-order chi connectivity index (χ0) is 22.8. The fourth-order valence-electron chi connectivity index (χ4n) is 3.24. The van der Waals surface area contributed by atoms with Crippen molar-refractivity contribution in [1.82, 2.24) is 19.9 Å². The lowest BCUT2D eigenvalue weighted by molar-refractivity contribution is -0.137. The van der Waals surface area contributed by atoms with Crippen LogP contribution in [0.2, 0.25) is 0 Å². The lowest BCUT2D eigenvalue weighted by Crippen LogP contribution is -2.43. The Morgan fingerprint density at radius 1 is 1.26 bits per heavy atom. The molecule has 1 aliphatic heterocycles. The van der Waals surface area contributed by atoms with Crippen LogP contribution in [0.15, 0.2) is 30.7 Å². The number of carbonyl (C=O) groups is 2. The van der Waals surface area contributed by atoms with Gasteiger partial charge in [0.05, 0.1) is 43.5 Å². The first-order valence-electron chi connectivity index (χ1n) is 9.33. The van der Waals surface area contributed by atoms with Crippen molar-refractivity contribution < 1.29 is 31.5 Å². The number of rotatable bonds is 7. The molecular weight excluding hydrogens is 425 g/mol. The third-order valence-electron chi connectivity index (χ3n) is 4.77. The molecule has 0 aromatic carbocycles. The van der Waals surface area contributed by atoms with Crippen molar-refractivity contribution >= 4 is 17.8 Å². The lowest BCUT2D eigenvalue weighted by Gasteiger charge is -2.24. The Bertz CT molecular complexity index is 953. The summed E-state index contributed by atoms with van der Waals surface area (Å²) in [5.41, 5.74) is -1.07. The molecule has 0 unspecified atom stereocenters. The minimum atomic E-state index is -4.59. The largest absolute Gasteiger partial charge is 0.416 e. The molecule has 3 rings (SSSR count). The van der Waals surface area contributed by atoms with Crippen molar-refractivity contribution in [2.45, 2.75) is 38.2 Å². The molecular formula is C19H18F5N5O2. The summed E-state index contributed by atoms with van der Waals surface area (Å²) in [5, 5.41) is 0. The lowest BCUT2D eigenvalue weighted by atomic mass is 10.1. The van der Waals surface area contributed by atoms with E-state index in [9.17, 15) is 31.5 Å². The predicted molar refractivity (Wildman–Crippen MR) is 98.4 cm³/mol. The summed E-state index contributed by atoms with van der Waals surface area (Å²) in [4.78, 5) is 38.5. The van der Waals surface area contributed by atoms with Gasteiger partial charge in [0, 0.05) is 11.9 Å². The molecule has 2 aromatic rings. The Balaban J connectivity index is 1.76. The third kappa shape index (κ3) is 5.12. The van der Waals surface area contributed by atoms with Crippen molar-refractivity contribution in [3.63, 3.8) is 0 Å². The van der Waals surface area contributed by atoms with Gasteiger partial charge in [-0.15, -0.1) is 0 Å². The molecule has 2 aromatic heterocycles. The van der Waals surface area contributed by atoms with Gasteiger partial charge >= 0.3 is 12.2 Å². The Morgan fingerprint density at radius 3 is 2.55 bits per heavy atom. The average Bonchev–Trinajstić information content (AvgIpc) is 3.04. The molecule has 3 heterocycles. The second-order valence-corrected chi connectivity index (χ2v) is 6.96. The molecule has 1 fully saturated rings. The first kappa shape index (κ1) is 22.5. The van der Waals surface area contributed by atoms with E-state index < -0.39 is 54.6 Å². The summed E-state index contributed by atoms with van der Waals surface area (Å²) in [6, 6.07) is -0.212. The van der Waals surface area contributed by atoms with Gasteiger partial charge in [-0.05, 0) is 18.6 Å². The van der Waals surface area contributed by atoms with Crippen LogP contribution >= 0.6 is 0 Å². The fraction of sp³-hybridized carbons (Fsp3) is 0.421. The highest BCUT2D eigenvalue weighted by Gasteiger charge is 2.43. The van der Waals surface area contributed by atoms with E-state index in [1.165, 1.54) is 0 Å². The number of halogens is 5. The summed E-state index contributed by atoms with van der Waals surface area (Å²) < 4.78 is 66.1. The van der Waals surface area contributed by atoms with Gasteiger partial charge in [-0.2, -0.15) is 13.2 Å². The van der Waals surface area contributed by atoms with Crippen LogP contribution in [-0.2, 0) is 17.4 Å². The molecule has 0 bridgehead atoms. The number of pyridine rings is 1. The smallest absolute Gasteiger partial charge is 0.309 e. The van der Waals surface area contributed by atoms with Crippen LogP contribution in [-0.4, -0.2) is 57.0 Å². The van der Waals surface area contributed by atoms with Gasteiger partial charge in [0.25, 0.3) is 0 Å². The zero-order valence-electron chi connectivity index (χ0n) is 16.3. The minimum absolute atomic E-state index is 0.0654. The van der Waals surface area contributed by atoms with Crippen molar-refractivity contribution in [1.29, 1.82) is 0 Å². The maximum Gasteiger partial charge on any atom is 0.416 e. The quantitative estimate of drug-likeness (QED) is 0.614. The van der Waals surface area contributed by atoms with Crippen LogP contribution in [0, 0.1) is 5.82 Å². The number of urea groups is 1. The molecule has 1 aliphatic rings. The summed E-state index contributed by atoms with van der Waals surface area (Å²) >= 11 is 0. The van der Waals surface area contributed by atoms with E-state index in [1.54, 1.807) is 6.92 Å². The Hall–Kier alpha value is -3.18. The molecule has 2 atom stereocenters. The highest BCUT2D eigenvalue weighted by atomic mass is 19.4. The van der Waals surface area contributed by atoms with Gasteiger partial charge in [0.2, 0.25) is 5.95 Å². The summed E-state index contributed by atoms with van der Waals surface area (Å²) in [7, 11) is 0. The van der Waals surface area contributed by atoms with Crippen LogP contribution in [0.3, 0.4) is 0 Å². The first-order valence-corrected chi connectivity index (χ1v) is 9.33. The third-order valence-corrected chi connectivity index (χ3v) is 4.77. The molecule has 0 spiro atoms. The minimum Gasteiger partial charge on any atom is -0.309 e. The number of aromatic nitrogens is 3. The van der Waals surface area contributed by atoms with E-state index in [1.807, 2.05) is 0 Å². The summed E-state index contributed by atoms with van der Waals surface area (Å²) in [6.07, 6.45) is -3.80. The average molecular weight is 443 g/mol. The number of hydrogen-bond donors (Lipinski definition) is 0. The normalized spacial score (nSPS) is 17.9. The second kappa shape index (κ2) is 8.90. The monoisotopic (exact) mass is 443 g/mol. The molecule has 7 nitrogen and oxygen atoms in total. The fourth-order valence-corrected chi connectivity index (χ4v) is 3.24. The number of hydrogen-bond acceptors (Lipinski definition) is 5. The van der Waals surface area contributed by atoms with Crippen molar-refractivity contribution in [2.75, 3.05) is 18.0 Å².